The van der Waals surface area contributed by atoms with Gasteiger partial charge >= 0.3 is 6.18 Å². The maximum absolute atomic E-state index is 12.5. The van der Waals surface area contributed by atoms with Gasteiger partial charge in [0, 0.05) is 6.54 Å². The first kappa shape index (κ1) is 13.5. The van der Waals surface area contributed by atoms with Crippen LogP contribution < -0.4 is 5.73 Å². The number of carbonyl (C=O) groups excluding carboxylic acids is 1. The van der Waals surface area contributed by atoms with Gasteiger partial charge in [0.15, 0.2) is 6.29 Å². The Morgan fingerprint density at radius 1 is 1.41 bits per heavy atom. The molecule has 1 aromatic heterocycles. The number of pyridine rings is 1. The normalized spacial score (nSPS) is 11.9. The largest absolute Gasteiger partial charge is 0.417 e. The highest BCUT2D eigenvalue weighted by atomic mass is 19.4. The van der Waals surface area contributed by atoms with E-state index in [1.807, 2.05) is 0 Å². The highest BCUT2D eigenvalue weighted by Gasteiger charge is 2.36. The highest BCUT2D eigenvalue weighted by molar-refractivity contribution is 5.79. The molecule has 0 bridgehead atoms. The Hall–Kier alpha value is -1.57. The molecule has 0 aliphatic carbocycles. The first-order chi connectivity index (χ1) is 7.81. The zero-order valence-corrected chi connectivity index (χ0v) is 8.26. The lowest BCUT2D eigenvalue weighted by Gasteiger charge is -2.13. The smallest absolute Gasteiger partial charge is 0.325 e. The Balaban J connectivity index is 3.56. The van der Waals surface area contributed by atoms with Crippen molar-refractivity contribution in [2.24, 2.45) is 5.73 Å². The molecule has 0 spiro atoms. The molecule has 0 aliphatic rings. The van der Waals surface area contributed by atoms with Crippen LogP contribution in [0.25, 0.3) is 0 Å². The van der Waals surface area contributed by atoms with Crippen LogP contribution in [-0.2, 0) is 12.7 Å². The summed E-state index contributed by atoms with van der Waals surface area (Å²) in [5.74, 6) is 0. The quantitative estimate of drug-likeness (QED) is 0.665. The molecule has 0 saturated carbocycles. The molecule has 1 rings (SSSR count). The molecule has 0 radical (unpaired) electrons. The van der Waals surface area contributed by atoms with E-state index in [4.69, 9.17) is 5.73 Å². The monoisotopic (exact) mass is 254 g/mol. The van der Waals surface area contributed by atoms with E-state index in [1.165, 1.54) is 0 Å². The summed E-state index contributed by atoms with van der Waals surface area (Å²) in [7, 11) is 0. The fourth-order valence-corrected chi connectivity index (χ4v) is 1.26. The summed E-state index contributed by atoms with van der Waals surface area (Å²) in [4.78, 5) is 13.7. The Morgan fingerprint density at radius 2 is 2.00 bits per heavy atom. The minimum atomic E-state index is -4.91. The Bertz CT molecular complexity index is 430. The van der Waals surface area contributed by atoms with E-state index in [1.54, 1.807) is 0 Å². The van der Waals surface area contributed by atoms with Crippen LogP contribution in [0.3, 0.4) is 0 Å². The molecule has 0 fully saturated rings. The second kappa shape index (κ2) is 4.74. The number of aromatic nitrogens is 1. The summed E-state index contributed by atoms with van der Waals surface area (Å²) in [5.41, 5.74) is 0.917. The molecule has 0 aliphatic heterocycles. The van der Waals surface area contributed by atoms with E-state index in [0.717, 1.165) is 0 Å². The van der Waals surface area contributed by atoms with Gasteiger partial charge in [-0.15, -0.1) is 0 Å². The van der Waals surface area contributed by atoms with E-state index in [0.29, 0.717) is 6.07 Å². The number of carbonyl (C=O) groups is 1. The number of hydrogen-bond donors (Lipinski definition) is 1. The fourth-order valence-electron chi connectivity index (χ4n) is 1.26. The summed E-state index contributed by atoms with van der Waals surface area (Å²) in [6.45, 7) is -0.429. The molecule has 8 heteroatoms. The van der Waals surface area contributed by atoms with Crippen molar-refractivity contribution in [3.63, 3.8) is 0 Å². The summed E-state index contributed by atoms with van der Waals surface area (Å²) >= 11 is 0. The molecule has 0 amide bonds. The van der Waals surface area contributed by atoms with Gasteiger partial charge in [0.05, 0.1) is 16.8 Å². The number of hydrogen-bond acceptors (Lipinski definition) is 3. The molecule has 1 heterocycles. The van der Waals surface area contributed by atoms with Crippen molar-refractivity contribution < 1.29 is 26.7 Å². The van der Waals surface area contributed by atoms with E-state index >= 15 is 0 Å². The molecular formula is C9H7F5N2O. The molecule has 1 aromatic rings. The number of alkyl halides is 5. The lowest BCUT2D eigenvalue weighted by Crippen LogP contribution is -2.15. The second-order valence-electron chi connectivity index (χ2n) is 3.08. The maximum Gasteiger partial charge on any atom is 0.417 e. The van der Waals surface area contributed by atoms with Crippen molar-refractivity contribution in [1.82, 2.24) is 4.98 Å². The predicted molar refractivity (Wildman–Crippen MR) is 47.5 cm³/mol. The Morgan fingerprint density at radius 3 is 2.35 bits per heavy atom. The van der Waals surface area contributed by atoms with Gasteiger partial charge < -0.3 is 5.73 Å². The number of aldehydes is 1. The average Bonchev–Trinajstić information content (AvgIpc) is 2.25. The first-order valence-electron chi connectivity index (χ1n) is 4.35. The van der Waals surface area contributed by atoms with E-state index in [2.05, 4.69) is 4.98 Å². The molecule has 94 valence electrons. The lowest BCUT2D eigenvalue weighted by molar-refractivity contribution is -0.138. The van der Waals surface area contributed by atoms with Crippen LogP contribution in [0.15, 0.2) is 6.07 Å². The number of halogens is 5. The lowest BCUT2D eigenvalue weighted by atomic mass is 10.1. The van der Waals surface area contributed by atoms with Gasteiger partial charge in [-0.2, -0.15) is 13.2 Å². The topological polar surface area (TPSA) is 56.0 Å². The Labute approximate surface area is 92.4 Å². The second-order valence-corrected chi connectivity index (χ2v) is 3.08. The molecule has 2 N–H and O–H groups in total. The van der Waals surface area contributed by atoms with E-state index < -0.39 is 36.0 Å². The van der Waals surface area contributed by atoms with Crippen molar-refractivity contribution in [2.75, 3.05) is 0 Å². The molecule has 17 heavy (non-hydrogen) atoms. The van der Waals surface area contributed by atoms with Crippen LogP contribution in [0.4, 0.5) is 22.0 Å². The summed E-state index contributed by atoms with van der Waals surface area (Å²) < 4.78 is 62.5. The molecule has 0 saturated heterocycles. The third kappa shape index (κ3) is 2.76. The summed E-state index contributed by atoms with van der Waals surface area (Å²) in [6, 6.07) is 0.496. The van der Waals surface area contributed by atoms with Gasteiger partial charge in [-0.1, -0.05) is 0 Å². The van der Waals surface area contributed by atoms with Crippen molar-refractivity contribution in [2.45, 2.75) is 19.1 Å². The van der Waals surface area contributed by atoms with Gasteiger partial charge in [0.2, 0.25) is 0 Å². The van der Waals surface area contributed by atoms with Crippen molar-refractivity contribution in [3.8, 4) is 0 Å². The third-order valence-electron chi connectivity index (χ3n) is 1.98. The zero-order chi connectivity index (χ0) is 13.2. The zero-order valence-electron chi connectivity index (χ0n) is 8.26. The molecular weight excluding hydrogens is 247 g/mol. The van der Waals surface area contributed by atoms with Gasteiger partial charge in [-0.25, -0.2) is 13.8 Å². The van der Waals surface area contributed by atoms with Gasteiger partial charge in [0.25, 0.3) is 6.43 Å². The van der Waals surface area contributed by atoms with Crippen LogP contribution in [0.5, 0.6) is 0 Å². The standard InChI is InChI=1S/C9H7F5N2O/c10-8(11)7-5(3-17)6(9(12,13)14)1-4(2-15)16-7/h1,3,8H,2,15H2. The van der Waals surface area contributed by atoms with E-state index in [9.17, 15) is 26.7 Å². The highest BCUT2D eigenvalue weighted by Crippen LogP contribution is 2.35. The third-order valence-corrected chi connectivity index (χ3v) is 1.98. The van der Waals surface area contributed by atoms with Gasteiger partial charge in [-0.3, -0.25) is 4.79 Å². The van der Waals surface area contributed by atoms with Crippen LogP contribution in [0.1, 0.15) is 33.7 Å². The minimum absolute atomic E-state index is 0.280. The summed E-state index contributed by atoms with van der Waals surface area (Å²) in [5, 5.41) is 0. The first-order valence-corrected chi connectivity index (χ1v) is 4.35. The fraction of sp³-hybridized carbons (Fsp3) is 0.333. The minimum Gasteiger partial charge on any atom is -0.325 e. The summed E-state index contributed by atoms with van der Waals surface area (Å²) in [6.07, 6.45) is -8.47. The van der Waals surface area contributed by atoms with E-state index in [-0.39, 0.29) is 12.0 Å². The van der Waals surface area contributed by atoms with Crippen LogP contribution >= 0.6 is 0 Å². The van der Waals surface area contributed by atoms with Crippen molar-refractivity contribution in [1.29, 1.82) is 0 Å². The number of rotatable bonds is 3. The SMILES string of the molecule is NCc1cc(C(F)(F)F)c(C=O)c(C(F)F)n1. The van der Waals surface area contributed by atoms with Crippen LogP contribution in [-0.4, -0.2) is 11.3 Å². The van der Waals surface area contributed by atoms with Crippen LogP contribution in [0.2, 0.25) is 0 Å². The number of nitrogens with two attached hydrogens (primary N) is 1. The van der Waals surface area contributed by atoms with Crippen molar-refractivity contribution >= 4 is 6.29 Å². The average molecular weight is 254 g/mol. The van der Waals surface area contributed by atoms with Crippen molar-refractivity contribution in [3.05, 3.63) is 28.6 Å². The van der Waals surface area contributed by atoms with Gasteiger partial charge in [-0.05, 0) is 6.07 Å². The molecule has 3 nitrogen and oxygen atoms in total. The molecule has 0 aromatic carbocycles. The number of nitrogens with zero attached hydrogens (tertiary/aromatic N) is 1. The molecule has 0 unspecified atom stereocenters. The van der Waals surface area contributed by atoms with Crippen LogP contribution in [0, 0.1) is 0 Å². The Kier molecular flexibility index (Phi) is 3.76. The molecule has 0 atom stereocenters. The van der Waals surface area contributed by atoms with Gasteiger partial charge in [0.1, 0.15) is 5.69 Å². The maximum atomic E-state index is 12.5. The predicted octanol–water partition coefficient (Wildman–Crippen LogP) is 2.31.